The number of pyridine rings is 2. The molecule has 4 aromatic carbocycles. The minimum absolute atomic E-state index is 0.0787. The average Bonchev–Trinajstić information content (AvgIpc) is 3.12. The van der Waals surface area contributed by atoms with Crippen LogP contribution < -0.4 is 15.4 Å². The predicted molar refractivity (Wildman–Crippen MR) is 192 cm³/mol. The first-order chi connectivity index (χ1) is 24.1. The van der Waals surface area contributed by atoms with Crippen LogP contribution in [0.15, 0.2) is 122 Å². The maximum absolute atomic E-state index is 12.5. The van der Waals surface area contributed by atoms with Crippen molar-refractivity contribution in [2.45, 2.75) is 24.3 Å². The number of nitrogens with zero attached hydrogens (tertiary/aromatic N) is 3. The third-order valence-electron chi connectivity index (χ3n) is 9.14. The summed E-state index contributed by atoms with van der Waals surface area (Å²) in [5, 5.41) is 32.5. The van der Waals surface area contributed by atoms with Gasteiger partial charge in [-0.1, -0.05) is 66.2 Å². The molecule has 0 saturated heterocycles. The number of ether oxygens (including phenoxy) is 1. The van der Waals surface area contributed by atoms with E-state index in [0.717, 1.165) is 17.0 Å². The van der Waals surface area contributed by atoms with Crippen LogP contribution in [-0.4, -0.2) is 38.3 Å². The Morgan fingerprint density at radius 1 is 0.820 bits per heavy atom. The fourth-order valence-electron chi connectivity index (χ4n) is 6.88. The Morgan fingerprint density at radius 2 is 1.46 bits per heavy atom. The summed E-state index contributed by atoms with van der Waals surface area (Å²) in [4.78, 5) is 23.4. The Bertz CT molecular complexity index is 2170. The molecule has 6 aromatic rings. The Hall–Kier alpha value is -5.90. The van der Waals surface area contributed by atoms with E-state index >= 15 is 0 Å². The number of rotatable bonds is 9. The summed E-state index contributed by atoms with van der Waals surface area (Å²) < 4.78 is 6.52. The van der Waals surface area contributed by atoms with Gasteiger partial charge in [-0.05, 0) is 59.7 Å². The molecule has 0 radical (unpaired) electrons. The molecule has 1 atom stereocenters. The highest BCUT2D eigenvalue weighted by Crippen LogP contribution is 2.56. The number of fused-ring (bicyclic) bond motifs is 2. The van der Waals surface area contributed by atoms with E-state index < -0.39 is 17.4 Å². The molecule has 1 unspecified atom stereocenters. The number of nitrogens with two attached hydrogens (primary N) is 1. The molecule has 10 heteroatoms. The molecule has 3 heterocycles. The molecule has 0 amide bonds. The molecule has 0 fully saturated rings. The number of para-hydroxylation sites is 1. The molecular weight excluding hydrogens is 652 g/mol. The lowest BCUT2D eigenvalue weighted by Gasteiger charge is -2.36. The highest BCUT2D eigenvalue weighted by molar-refractivity contribution is 6.32. The SMILES string of the molecule is CN(c1ccccc1C(N)(Cc1ccccn1)Cc1ccccn1)c1c(O)ccc2c1Oc1cc(O)c(Cl)cc1C2c1ccccc1C(=O)O. The van der Waals surface area contributed by atoms with E-state index in [0.29, 0.717) is 46.7 Å². The van der Waals surface area contributed by atoms with Crippen molar-refractivity contribution >= 4 is 28.9 Å². The third kappa shape index (κ3) is 5.97. The van der Waals surface area contributed by atoms with Crippen molar-refractivity contribution in [3.63, 3.8) is 0 Å². The first-order valence-corrected chi connectivity index (χ1v) is 16.3. The number of carboxylic acid groups (broad SMARTS) is 1. The topological polar surface area (TPSA) is 142 Å². The first kappa shape index (κ1) is 32.6. The molecule has 50 heavy (non-hydrogen) atoms. The van der Waals surface area contributed by atoms with Crippen molar-refractivity contribution in [3.05, 3.63) is 166 Å². The number of hydrogen-bond donors (Lipinski definition) is 4. The molecule has 1 aliphatic rings. The van der Waals surface area contributed by atoms with Crippen LogP contribution in [0.1, 0.15) is 49.9 Å². The molecular formula is C40H33ClN4O5. The van der Waals surface area contributed by atoms with E-state index in [1.165, 1.54) is 6.07 Å². The molecule has 0 aliphatic carbocycles. The van der Waals surface area contributed by atoms with Gasteiger partial charge in [0.15, 0.2) is 5.75 Å². The number of phenolic OH excluding ortho intramolecular Hbond substituents is 2. The first-order valence-electron chi connectivity index (χ1n) is 15.9. The fraction of sp³-hybridized carbons (Fsp3) is 0.125. The number of phenols is 2. The van der Waals surface area contributed by atoms with Crippen LogP contribution in [0, 0.1) is 0 Å². The number of hydrogen-bond acceptors (Lipinski definition) is 8. The Morgan fingerprint density at radius 3 is 2.12 bits per heavy atom. The minimum Gasteiger partial charge on any atom is -0.506 e. The number of aromatic carboxylic acids is 1. The smallest absolute Gasteiger partial charge is 0.335 e. The monoisotopic (exact) mass is 684 g/mol. The van der Waals surface area contributed by atoms with Crippen LogP contribution >= 0.6 is 11.6 Å². The summed E-state index contributed by atoms with van der Waals surface area (Å²) in [7, 11) is 1.81. The van der Waals surface area contributed by atoms with Gasteiger partial charge < -0.3 is 30.7 Å². The van der Waals surface area contributed by atoms with Gasteiger partial charge in [0.2, 0.25) is 0 Å². The van der Waals surface area contributed by atoms with Gasteiger partial charge in [0.25, 0.3) is 0 Å². The lowest BCUT2D eigenvalue weighted by atomic mass is 9.79. The largest absolute Gasteiger partial charge is 0.506 e. The second-order valence-electron chi connectivity index (χ2n) is 12.3. The highest BCUT2D eigenvalue weighted by Gasteiger charge is 2.37. The number of benzene rings is 4. The fourth-order valence-corrected chi connectivity index (χ4v) is 7.05. The number of anilines is 2. The summed E-state index contributed by atoms with van der Waals surface area (Å²) >= 11 is 6.40. The summed E-state index contributed by atoms with van der Waals surface area (Å²) in [5.74, 6) is -1.47. The molecule has 1 aliphatic heterocycles. The van der Waals surface area contributed by atoms with Crippen LogP contribution in [0.5, 0.6) is 23.0 Å². The van der Waals surface area contributed by atoms with Crippen molar-refractivity contribution in [2.75, 3.05) is 11.9 Å². The molecule has 0 saturated carbocycles. The second kappa shape index (κ2) is 13.2. The Kier molecular flexibility index (Phi) is 8.61. The van der Waals surface area contributed by atoms with Gasteiger partial charge >= 0.3 is 5.97 Å². The Labute approximate surface area is 293 Å². The van der Waals surface area contributed by atoms with Gasteiger partial charge in [-0.15, -0.1) is 0 Å². The van der Waals surface area contributed by atoms with Gasteiger partial charge in [0, 0.05) is 72.5 Å². The molecule has 2 aromatic heterocycles. The second-order valence-corrected chi connectivity index (χ2v) is 12.8. The number of carbonyl (C=O) groups is 1. The summed E-state index contributed by atoms with van der Waals surface area (Å²) in [6, 6.07) is 32.2. The maximum atomic E-state index is 12.5. The summed E-state index contributed by atoms with van der Waals surface area (Å²) in [5.41, 5.74) is 11.6. The van der Waals surface area contributed by atoms with Crippen molar-refractivity contribution < 1.29 is 24.9 Å². The molecule has 7 rings (SSSR count). The lowest BCUT2D eigenvalue weighted by molar-refractivity contribution is 0.0695. The molecule has 5 N–H and O–H groups in total. The molecule has 9 nitrogen and oxygen atoms in total. The number of halogens is 1. The summed E-state index contributed by atoms with van der Waals surface area (Å²) in [6.45, 7) is 0. The zero-order valence-corrected chi connectivity index (χ0v) is 27.7. The van der Waals surface area contributed by atoms with Crippen molar-refractivity contribution in [1.29, 1.82) is 0 Å². The van der Waals surface area contributed by atoms with E-state index in [2.05, 4.69) is 9.97 Å². The Balaban J connectivity index is 1.41. The zero-order chi connectivity index (χ0) is 35.0. The third-order valence-corrected chi connectivity index (χ3v) is 9.44. The molecule has 250 valence electrons. The van der Waals surface area contributed by atoms with E-state index in [-0.39, 0.29) is 27.8 Å². The van der Waals surface area contributed by atoms with Crippen molar-refractivity contribution in [3.8, 4) is 23.0 Å². The van der Waals surface area contributed by atoms with Crippen LogP contribution in [0.25, 0.3) is 0 Å². The van der Waals surface area contributed by atoms with Crippen LogP contribution in [0.3, 0.4) is 0 Å². The minimum atomic E-state index is -1.09. The van der Waals surface area contributed by atoms with E-state index in [1.54, 1.807) is 54.9 Å². The zero-order valence-electron chi connectivity index (χ0n) is 27.0. The molecule has 0 bridgehead atoms. The van der Waals surface area contributed by atoms with Gasteiger partial charge in [0.1, 0.15) is 22.9 Å². The van der Waals surface area contributed by atoms with E-state index in [4.69, 9.17) is 22.1 Å². The van der Waals surface area contributed by atoms with Crippen molar-refractivity contribution in [1.82, 2.24) is 9.97 Å². The van der Waals surface area contributed by atoms with Crippen LogP contribution in [-0.2, 0) is 18.4 Å². The van der Waals surface area contributed by atoms with Crippen LogP contribution in [0.2, 0.25) is 5.02 Å². The van der Waals surface area contributed by atoms with Gasteiger partial charge in [-0.3, -0.25) is 9.97 Å². The predicted octanol–water partition coefficient (Wildman–Crippen LogP) is 7.93. The standard InChI is InChI=1S/C40H33ClN4O5/c1-45(32-15-5-4-14-30(32)40(42,22-24-10-6-8-18-43-24)23-25-11-7-9-19-44-25)37-33(46)17-16-28-36(26-12-2-3-13-27(26)39(48)49)29-20-31(41)34(47)21-35(29)50-38(28)37/h2-21,36,46-47H,22-23,42H2,1H3,(H,48,49). The maximum Gasteiger partial charge on any atom is 0.335 e. The average molecular weight is 685 g/mol. The quantitative estimate of drug-likeness (QED) is 0.119. The molecule has 0 spiro atoms. The number of carboxylic acids is 1. The normalized spacial score (nSPS) is 13.5. The number of aromatic hydroxyl groups is 2. The van der Waals surface area contributed by atoms with E-state index in [9.17, 15) is 20.1 Å². The number of aromatic nitrogens is 2. The highest BCUT2D eigenvalue weighted by atomic mass is 35.5. The van der Waals surface area contributed by atoms with Gasteiger partial charge in [-0.2, -0.15) is 0 Å². The van der Waals surface area contributed by atoms with E-state index in [1.807, 2.05) is 72.6 Å². The van der Waals surface area contributed by atoms with Gasteiger partial charge in [-0.25, -0.2) is 4.79 Å². The van der Waals surface area contributed by atoms with Gasteiger partial charge in [0.05, 0.1) is 16.1 Å². The van der Waals surface area contributed by atoms with Crippen LogP contribution in [0.4, 0.5) is 11.4 Å². The lowest BCUT2D eigenvalue weighted by Crippen LogP contribution is -2.43. The van der Waals surface area contributed by atoms with Crippen molar-refractivity contribution in [2.24, 2.45) is 5.73 Å². The summed E-state index contributed by atoms with van der Waals surface area (Å²) in [6.07, 6.45) is 4.27.